The van der Waals surface area contributed by atoms with Gasteiger partial charge in [-0.1, -0.05) is 92.4 Å². The van der Waals surface area contributed by atoms with Crippen LogP contribution in [0.3, 0.4) is 0 Å². The first-order chi connectivity index (χ1) is 17.0. The summed E-state index contributed by atoms with van der Waals surface area (Å²) in [5, 5.41) is 4.18. The molecule has 2 heterocycles. The lowest BCUT2D eigenvalue weighted by molar-refractivity contribution is 0.487. The summed E-state index contributed by atoms with van der Waals surface area (Å²) in [7, 11) is -1.72. The van der Waals surface area contributed by atoms with E-state index in [9.17, 15) is 0 Å². The minimum atomic E-state index is -1.72. The summed E-state index contributed by atoms with van der Waals surface area (Å²) in [6.07, 6.45) is 0. The van der Waals surface area contributed by atoms with E-state index in [-0.39, 0.29) is 6.71 Å². The van der Waals surface area contributed by atoms with Gasteiger partial charge in [0.25, 0.3) is 6.71 Å². The number of hydrogen-bond acceptors (Lipinski definition) is 2. The lowest BCUT2D eigenvalue weighted by atomic mass is 9.34. The number of hydrogen-bond donors (Lipinski definition) is 0. The molecular formula is C31H26BNOSi. The van der Waals surface area contributed by atoms with Gasteiger partial charge in [0, 0.05) is 17.1 Å². The van der Waals surface area contributed by atoms with Crippen molar-refractivity contribution in [2.45, 2.75) is 19.6 Å². The van der Waals surface area contributed by atoms with Crippen LogP contribution < -0.4 is 31.2 Å². The first-order valence-corrected chi connectivity index (χ1v) is 15.8. The molecule has 0 amide bonds. The van der Waals surface area contributed by atoms with Gasteiger partial charge < -0.3 is 9.64 Å². The van der Waals surface area contributed by atoms with Crippen molar-refractivity contribution in [1.82, 2.24) is 0 Å². The van der Waals surface area contributed by atoms with Crippen LogP contribution in [0, 0.1) is 0 Å². The number of para-hydroxylation sites is 2. The Morgan fingerprint density at radius 2 is 1.29 bits per heavy atom. The molecule has 4 heteroatoms. The van der Waals surface area contributed by atoms with Crippen molar-refractivity contribution in [1.29, 1.82) is 0 Å². The normalized spacial score (nSPS) is 13.7. The second kappa shape index (κ2) is 7.37. The number of benzene rings is 5. The molecule has 168 valence electrons. The first-order valence-electron chi connectivity index (χ1n) is 12.3. The van der Waals surface area contributed by atoms with Crippen molar-refractivity contribution >= 4 is 64.2 Å². The fourth-order valence-electron chi connectivity index (χ4n) is 6.07. The molecule has 0 saturated heterocycles. The fraction of sp³-hybridized carbons (Fsp3) is 0.0968. The molecule has 0 aliphatic carbocycles. The summed E-state index contributed by atoms with van der Waals surface area (Å²) in [5.74, 6) is 1.92. The predicted molar refractivity (Wildman–Crippen MR) is 153 cm³/mol. The van der Waals surface area contributed by atoms with Crippen LogP contribution in [0.15, 0.2) is 103 Å². The molecule has 2 aliphatic rings. The molecule has 5 aromatic carbocycles. The molecule has 0 atom stereocenters. The highest BCUT2D eigenvalue weighted by Gasteiger charge is 2.42. The minimum absolute atomic E-state index is 0.161. The number of ether oxygens (including phenoxy) is 1. The second-order valence-electron chi connectivity index (χ2n) is 10.6. The first kappa shape index (κ1) is 20.6. The molecule has 2 aliphatic heterocycles. The van der Waals surface area contributed by atoms with Crippen LogP contribution in [-0.2, 0) is 0 Å². The molecule has 0 bridgehead atoms. The van der Waals surface area contributed by atoms with Crippen molar-refractivity contribution in [3.63, 3.8) is 0 Å². The van der Waals surface area contributed by atoms with Gasteiger partial charge in [-0.2, -0.15) is 0 Å². The zero-order chi connectivity index (χ0) is 23.7. The van der Waals surface area contributed by atoms with Crippen LogP contribution >= 0.6 is 0 Å². The topological polar surface area (TPSA) is 12.5 Å². The van der Waals surface area contributed by atoms with Crippen molar-refractivity contribution in [2.24, 2.45) is 0 Å². The summed E-state index contributed by atoms with van der Waals surface area (Å²) in [6.45, 7) is 7.53. The average Bonchev–Trinajstić information content (AvgIpc) is 2.87. The van der Waals surface area contributed by atoms with Crippen LogP contribution in [0.2, 0.25) is 19.6 Å². The standard InChI is InChI=1S/C31H26BNOSi/c1-35(2,3)31-22-12-5-4-11-21(22)19-20-27(31)33-25-15-8-6-13-23(25)32-24-14-7-9-17-28(24)34-29-18-10-16-26(33)30(29)32/h4-20H,1-3H3. The van der Waals surface area contributed by atoms with Crippen molar-refractivity contribution < 1.29 is 4.74 Å². The number of fused-ring (bicyclic) bond motifs is 5. The number of anilines is 3. The van der Waals surface area contributed by atoms with E-state index >= 15 is 0 Å². The largest absolute Gasteiger partial charge is 0.458 e. The maximum Gasteiger partial charge on any atom is 0.256 e. The van der Waals surface area contributed by atoms with E-state index in [1.165, 1.54) is 49.4 Å². The molecule has 0 aromatic heterocycles. The Hall–Kier alpha value is -3.76. The molecule has 0 N–H and O–H groups in total. The van der Waals surface area contributed by atoms with E-state index in [4.69, 9.17) is 4.74 Å². The Bertz CT molecular complexity index is 1640. The van der Waals surface area contributed by atoms with Gasteiger partial charge in [-0.25, -0.2) is 0 Å². The lowest BCUT2D eigenvalue weighted by Gasteiger charge is -2.41. The van der Waals surface area contributed by atoms with E-state index in [1.807, 2.05) is 0 Å². The third-order valence-electron chi connectivity index (χ3n) is 7.41. The smallest absolute Gasteiger partial charge is 0.256 e. The highest BCUT2D eigenvalue weighted by Crippen LogP contribution is 2.41. The van der Waals surface area contributed by atoms with Gasteiger partial charge in [-0.3, -0.25) is 0 Å². The molecule has 7 rings (SSSR count). The van der Waals surface area contributed by atoms with Crippen molar-refractivity contribution in [2.75, 3.05) is 4.90 Å². The summed E-state index contributed by atoms with van der Waals surface area (Å²) in [5.41, 5.74) is 7.60. The Morgan fingerprint density at radius 3 is 2.14 bits per heavy atom. The van der Waals surface area contributed by atoms with Gasteiger partial charge in [0.2, 0.25) is 0 Å². The van der Waals surface area contributed by atoms with Gasteiger partial charge in [-0.05, 0) is 62.7 Å². The maximum absolute atomic E-state index is 6.47. The zero-order valence-electron chi connectivity index (χ0n) is 20.2. The molecule has 0 radical (unpaired) electrons. The predicted octanol–water partition coefficient (Wildman–Crippen LogP) is 5.79. The summed E-state index contributed by atoms with van der Waals surface area (Å²) in [4.78, 5) is 2.50. The highest BCUT2D eigenvalue weighted by atomic mass is 28.3. The van der Waals surface area contributed by atoms with Gasteiger partial charge in [0.1, 0.15) is 11.5 Å². The monoisotopic (exact) mass is 467 g/mol. The Kier molecular flexibility index (Phi) is 4.34. The summed E-state index contributed by atoms with van der Waals surface area (Å²) < 4.78 is 6.47. The molecule has 0 spiro atoms. The fourth-order valence-corrected chi connectivity index (χ4v) is 8.07. The third-order valence-corrected chi connectivity index (χ3v) is 9.43. The molecular weight excluding hydrogens is 441 g/mol. The van der Waals surface area contributed by atoms with E-state index in [1.54, 1.807) is 0 Å². The third kappa shape index (κ3) is 2.96. The van der Waals surface area contributed by atoms with Crippen LogP contribution in [-0.4, -0.2) is 14.8 Å². The Morgan fingerprint density at radius 1 is 0.600 bits per heavy atom. The Balaban J connectivity index is 1.58. The Labute approximate surface area is 207 Å². The van der Waals surface area contributed by atoms with E-state index in [2.05, 4.69) is 128 Å². The van der Waals surface area contributed by atoms with Crippen molar-refractivity contribution in [3.05, 3.63) is 103 Å². The van der Waals surface area contributed by atoms with Crippen LogP contribution in [0.4, 0.5) is 17.1 Å². The van der Waals surface area contributed by atoms with Crippen LogP contribution in [0.5, 0.6) is 11.5 Å². The van der Waals surface area contributed by atoms with Crippen molar-refractivity contribution in [3.8, 4) is 11.5 Å². The molecule has 0 fully saturated rings. The van der Waals surface area contributed by atoms with Crippen LogP contribution in [0.1, 0.15) is 0 Å². The molecule has 0 unspecified atom stereocenters. The SMILES string of the molecule is C[Si](C)(C)c1c(N2c3ccccc3B3c4ccccc4Oc4cccc2c43)ccc2ccccc12. The minimum Gasteiger partial charge on any atom is -0.458 e. The van der Waals surface area contributed by atoms with Gasteiger partial charge in [-0.15, -0.1) is 0 Å². The van der Waals surface area contributed by atoms with E-state index < -0.39 is 8.07 Å². The highest BCUT2D eigenvalue weighted by molar-refractivity contribution is 6.99. The van der Waals surface area contributed by atoms with E-state index in [0.29, 0.717) is 0 Å². The quantitative estimate of drug-likeness (QED) is 0.299. The summed E-state index contributed by atoms with van der Waals surface area (Å²) in [6, 6.07) is 37.4. The van der Waals surface area contributed by atoms with Gasteiger partial charge >= 0.3 is 0 Å². The summed E-state index contributed by atoms with van der Waals surface area (Å²) >= 11 is 0. The molecule has 2 nitrogen and oxygen atoms in total. The zero-order valence-corrected chi connectivity index (χ0v) is 21.2. The molecule has 35 heavy (non-hydrogen) atoms. The number of rotatable bonds is 2. The average molecular weight is 467 g/mol. The maximum atomic E-state index is 6.47. The number of nitrogens with zero attached hydrogens (tertiary/aromatic N) is 1. The van der Waals surface area contributed by atoms with Gasteiger partial charge in [0.15, 0.2) is 0 Å². The molecule has 5 aromatic rings. The molecule has 0 saturated carbocycles. The lowest BCUT2D eigenvalue weighted by Crippen LogP contribution is -2.60. The van der Waals surface area contributed by atoms with Crippen LogP contribution in [0.25, 0.3) is 10.8 Å². The second-order valence-corrected chi connectivity index (χ2v) is 15.6. The van der Waals surface area contributed by atoms with E-state index in [0.717, 1.165) is 11.5 Å². The van der Waals surface area contributed by atoms with Gasteiger partial charge in [0.05, 0.1) is 8.07 Å².